The maximum atomic E-state index is 9.67. The molecule has 3 aromatic rings. The fraction of sp³-hybridized carbons (Fsp3) is 0.125. The highest BCUT2D eigenvalue weighted by atomic mass is 16.5. The van der Waals surface area contributed by atoms with E-state index in [-0.39, 0.29) is 5.75 Å². The summed E-state index contributed by atoms with van der Waals surface area (Å²) in [6.07, 6.45) is 1.63. The van der Waals surface area contributed by atoms with Gasteiger partial charge in [0.25, 0.3) is 0 Å². The topological polar surface area (TPSA) is 42.6 Å². The molecule has 0 spiro atoms. The van der Waals surface area contributed by atoms with Gasteiger partial charge in [0, 0.05) is 10.9 Å². The lowest BCUT2D eigenvalue weighted by molar-refractivity contribution is 0.306. The number of phenolic OH excluding ortho intramolecular Hbond substituents is 1. The molecule has 3 rings (SSSR count). The highest BCUT2D eigenvalue weighted by Crippen LogP contribution is 2.29. The molecule has 0 aliphatic carbocycles. The van der Waals surface area contributed by atoms with Crippen LogP contribution in [0.5, 0.6) is 11.5 Å². The van der Waals surface area contributed by atoms with Crippen LogP contribution < -0.4 is 4.74 Å². The number of rotatable bonds is 3. The number of fused-ring (bicyclic) bond motifs is 1. The predicted molar refractivity (Wildman–Crippen MR) is 73.4 cm³/mol. The summed E-state index contributed by atoms with van der Waals surface area (Å²) in [6.45, 7) is 2.44. The van der Waals surface area contributed by atoms with Crippen LogP contribution in [0, 0.1) is 6.92 Å². The Morgan fingerprint density at radius 2 is 2.00 bits per heavy atom. The maximum Gasteiger partial charge on any atom is 0.175 e. The molecule has 2 aromatic carbocycles. The van der Waals surface area contributed by atoms with Crippen LogP contribution in [0.3, 0.4) is 0 Å². The minimum Gasteiger partial charge on any atom is -0.504 e. The predicted octanol–water partition coefficient (Wildman–Crippen LogP) is 4.03. The van der Waals surface area contributed by atoms with Crippen molar-refractivity contribution >= 4 is 11.0 Å². The average Bonchev–Trinajstić information content (AvgIpc) is 2.81. The molecule has 0 aliphatic rings. The molecular weight excluding hydrogens is 240 g/mol. The summed E-state index contributed by atoms with van der Waals surface area (Å²) in [5, 5.41) is 10.6. The molecule has 0 unspecified atom stereocenters. The summed E-state index contributed by atoms with van der Waals surface area (Å²) in [7, 11) is 0. The monoisotopic (exact) mass is 254 g/mol. The van der Waals surface area contributed by atoms with E-state index in [2.05, 4.69) is 0 Å². The van der Waals surface area contributed by atoms with E-state index in [1.807, 2.05) is 37.3 Å². The molecule has 0 bridgehead atoms. The van der Waals surface area contributed by atoms with Gasteiger partial charge in [0.05, 0.1) is 6.26 Å². The van der Waals surface area contributed by atoms with Gasteiger partial charge in [-0.25, -0.2) is 0 Å². The molecule has 96 valence electrons. The highest BCUT2D eigenvalue weighted by molar-refractivity contribution is 5.85. The van der Waals surface area contributed by atoms with E-state index in [9.17, 15) is 5.11 Å². The highest BCUT2D eigenvalue weighted by Gasteiger charge is 2.09. The second kappa shape index (κ2) is 4.69. The molecule has 0 fully saturated rings. The van der Waals surface area contributed by atoms with Gasteiger partial charge in [0.2, 0.25) is 0 Å². The van der Waals surface area contributed by atoms with Gasteiger partial charge in [0.1, 0.15) is 12.4 Å². The molecule has 1 heterocycles. The molecule has 0 amide bonds. The van der Waals surface area contributed by atoms with E-state index in [0.29, 0.717) is 12.2 Å². The number of aryl methyl sites for hydroxylation is 1. The second-order valence-electron chi connectivity index (χ2n) is 4.52. The molecule has 1 N–H and O–H groups in total. The van der Waals surface area contributed by atoms with Crippen LogP contribution >= 0.6 is 0 Å². The van der Waals surface area contributed by atoms with E-state index in [0.717, 1.165) is 22.3 Å². The first-order chi connectivity index (χ1) is 9.24. The lowest BCUT2D eigenvalue weighted by Gasteiger charge is -2.05. The molecule has 0 saturated heterocycles. The maximum absolute atomic E-state index is 9.67. The standard InChI is InChI=1S/C16H14O3/c1-11-4-2-5-13(8-11)18-9-12-10-19-16-14(12)6-3-7-15(16)17/h2-8,10,17H,9H2,1H3. The van der Waals surface area contributed by atoms with Crippen LogP contribution in [0.1, 0.15) is 11.1 Å². The first kappa shape index (κ1) is 11.7. The molecule has 0 radical (unpaired) electrons. The second-order valence-corrected chi connectivity index (χ2v) is 4.52. The van der Waals surface area contributed by atoms with Gasteiger partial charge >= 0.3 is 0 Å². The van der Waals surface area contributed by atoms with Gasteiger partial charge in [-0.2, -0.15) is 0 Å². The van der Waals surface area contributed by atoms with E-state index >= 15 is 0 Å². The zero-order valence-electron chi connectivity index (χ0n) is 10.6. The third kappa shape index (κ3) is 2.27. The number of benzene rings is 2. The number of aromatic hydroxyl groups is 1. The first-order valence-electron chi connectivity index (χ1n) is 6.11. The summed E-state index contributed by atoms with van der Waals surface area (Å²) in [6, 6.07) is 13.2. The first-order valence-corrected chi connectivity index (χ1v) is 6.11. The molecule has 0 atom stereocenters. The smallest absolute Gasteiger partial charge is 0.175 e. The van der Waals surface area contributed by atoms with Gasteiger partial charge in [-0.05, 0) is 30.7 Å². The number of hydrogen-bond donors (Lipinski definition) is 1. The normalized spacial score (nSPS) is 10.8. The largest absolute Gasteiger partial charge is 0.504 e. The molecule has 0 saturated carbocycles. The van der Waals surface area contributed by atoms with Crippen molar-refractivity contribution < 1.29 is 14.3 Å². The molecule has 0 aliphatic heterocycles. The average molecular weight is 254 g/mol. The Kier molecular flexibility index (Phi) is 2.88. The third-order valence-corrected chi connectivity index (χ3v) is 3.04. The van der Waals surface area contributed by atoms with Crippen LogP contribution in [0.15, 0.2) is 53.1 Å². The van der Waals surface area contributed by atoms with Crippen LogP contribution in [0.2, 0.25) is 0 Å². The Morgan fingerprint density at radius 1 is 1.16 bits per heavy atom. The lowest BCUT2D eigenvalue weighted by atomic mass is 10.2. The van der Waals surface area contributed by atoms with Crippen molar-refractivity contribution in [1.82, 2.24) is 0 Å². The molecule has 3 heteroatoms. The van der Waals surface area contributed by atoms with Crippen molar-refractivity contribution in [3.8, 4) is 11.5 Å². The van der Waals surface area contributed by atoms with Crippen molar-refractivity contribution in [2.24, 2.45) is 0 Å². The van der Waals surface area contributed by atoms with Crippen LogP contribution in [-0.2, 0) is 6.61 Å². The summed E-state index contributed by atoms with van der Waals surface area (Å²) in [5.41, 5.74) is 2.59. The van der Waals surface area contributed by atoms with E-state index in [4.69, 9.17) is 9.15 Å². The van der Waals surface area contributed by atoms with Gasteiger partial charge in [0.15, 0.2) is 11.3 Å². The summed E-state index contributed by atoms with van der Waals surface area (Å²) < 4.78 is 11.1. The summed E-state index contributed by atoms with van der Waals surface area (Å²) in [5.74, 6) is 0.980. The molecule has 3 nitrogen and oxygen atoms in total. The van der Waals surface area contributed by atoms with Crippen molar-refractivity contribution in [2.45, 2.75) is 13.5 Å². The minimum absolute atomic E-state index is 0.152. The van der Waals surface area contributed by atoms with E-state index in [1.165, 1.54) is 0 Å². The number of ether oxygens (including phenoxy) is 1. The van der Waals surface area contributed by atoms with Crippen LogP contribution in [-0.4, -0.2) is 5.11 Å². The Labute approximate surface area is 111 Å². The summed E-state index contributed by atoms with van der Waals surface area (Å²) in [4.78, 5) is 0. The fourth-order valence-electron chi connectivity index (χ4n) is 2.07. The Hall–Kier alpha value is -2.42. The quantitative estimate of drug-likeness (QED) is 0.767. The molecule has 19 heavy (non-hydrogen) atoms. The number of furan rings is 1. The van der Waals surface area contributed by atoms with Gasteiger partial charge in [-0.3, -0.25) is 0 Å². The van der Waals surface area contributed by atoms with Crippen molar-refractivity contribution in [1.29, 1.82) is 0 Å². The van der Waals surface area contributed by atoms with Gasteiger partial charge < -0.3 is 14.3 Å². The van der Waals surface area contributed by atoms with Crippen molar-refractivity contribution in [2.75, 3.05) is 0 Å². The van der Waals surface area contributed by atoms with Crippen LogP contribution in [0.4, 0.5) is 0 Å². The Bertz CT molecular complexity index is 713. The SMILES string of the molecule is Cc1cccc(OCc2coc3c(O)cccc23)c1. The zero-order chi connectivity index (χ0) is 13.2. The number of para-hydroxylation sites is 1. The molecule has 1 aromatic heterocycles. The third-order valence-electron chi connectivity index (χ3n) is 3.04. The van der Waals surface area contributed by atoms with E-state index in [1.54, 1.807) is 18.4 Å². The lowest BCUT2D eigenvalue weighted by Crippen LogP contribution is -1.94. The Balaban J connectivity index is 1.84. The van der Waals surface area contributed by atoms with E-state index < -0.39 is 0 Å². The Morgan fingerprint density at radius 3 is 2.84 bits per heavy atom. The van der Waals surface area contributed by atoms with Gasteiger partial charge in [-0.15, -0.1) is 0 Å². The van der Waals surface area contributed by atoms with Crippen molar-refractivity contribution in [3.05, 3.63) is 59.9 Å². The fourth-order valence-corrected chi connectivity index (χ4v) is 2.07. The van der Waals surface area contributed by atoms with Gasteiger partial charge in [-0.1, -0.05) is 24.3 Å². The van der Waals surface area contributed by atoms with Crippen LogP contribution in [0.25, 0.3) is 11.0 Å². The molecular formula is C16H14O3. The summed E-state index contributed by atoms with van der Waals surface area (Å²) >= 11 is 0. The zero-order valence-corrected chi connectivity index (χ0v) is 10.6. The van der Waals surface area contributed by atoms with Crippen molar-refractivity contribution in [3.63, 3.8) is 0 Å². The number of phenols is 1. The number of hydrogen-bond acceptors (Lipinski definition) is 3. The minimum atomic E-state index is 0.152.